The second-order valence-electron chi connectivity index (χ2n) is 7.35. The molecular weight excluding hydrogens is 540 g/mol. The second-order valence-corrected chi connectivity index (χ2v) is 8.27. The summed E-state index contributed by atoms with van der Waals surface area (Å²) in [6.45, 7) is 2.69. The van der Waals surface area contributed by atoms with Crippen molar-refractivity contribution >= 4 is 46.3 Å². The molecule has 170 valence electrons. The molecule has 6 nitrogen and oxygen atoms in total. The van der Waals surface area contributed by atoms with Crippen molar-refractivity contribution in [3.8, 4) is 11.6 Å². The third kappa shape index (κ3) is 6.80. The molecule has 1 aliphatic heterocycles. The van der Waals surface area contributed by atoms with Gasteiger partial charge in [-0.1, -0.05) is 12.1 Å². The number of aromatic nitrogens is 1. The molecule has 0 saturated carbocycles. The standard InChI is InChI=1S/C23H26FN5OS.HI/c1-25-23(28-19-9-11-29(12-10-19)22-6-3-13-31-22)27-16-17-7-8-21(26-15-17)30-20-5-2-4-18(24)14-20;/h2-8,13-15,19H,9-12,16H2,1H3,(H2,25,27,28);1H. The number of rotatable bonds is 6. The Morgan fingerprint density at radius 1 is 1.22 bits per heavy atom. The summed E-state index contributed by atoms with van der Waals surface area (Å²) in [6, 6.07) is 14.4. The monoisotopic (exact) mass is 567 g/mol. The largest absolute Gasteiger partial charge is 0.439 e. The van der Waals surface area contributed by atoms with Gasteiger partial charge in [-0.05, 0) is 48.1 Å². The van der Waals surface area contributed by atoms with Crippen LogP contribution in [0.4, 0.5) is 9.39 Å². The maximum Gasteiger partial charge on any atom is 0.219 e. The van der Waals surface area contributed by atoms with Gasteiger partial charge in [0.25, 0.3) is 0 Å². The Morgan fingerprint density at radius 3 is 2.72 bits per heavy atom. The van der Waals surface area contributed by atoms with Crippen molar-refractivity contribution in [3.05, 3.63) is 71.5 Å². The van der Waals surface area contributed by atoms with Gasteiger partial charge in [0.1, 0.15) is 11.6 Å². The summed E-state index contributed by atoms with van der Waals surface area (Å²) in [5.41, 5.74) is 1.00. The number of aliphatic imine (C=N–C) groups is 1. The first-order valence-corrected chi connectivity index (χ1v) is 11.2. The normalized spacial score (nSPS) is 14.6. The van der Waals surface area contributed by atoms with E-state index in [0.717, 1.165) is 37.5 Å². The molecule has 1 fully saturated rings. The van der Waals surface area contributed by atoms with Crippen molar-refractivity contribution < 1.29 is 9.13 Å². The lowest BCUT2D eigenvalue weighted by molar-refractivity contribution is 0.457. The lowest BCUT2D eigenvalue weighted by atomic mass is 10.1. The third-order valence-corrected chi connectivity index (χ3v) is 6.08. The molecule has 2 aromatic heterocycles. The summed E-state index contributed by atoms with van der Waals surface area (Å²) in [5.74, 6) is 1.30. The van der Waals surface area contributed by atoms with E-state index >= 15 is 0 Å². The Bertz CT molecular complexity index is 992. The van der Waals surface area contributed by atoms with Crippen LogP contribution in [0.1, 0.15) is 18.4 Å². The van der Waals surface area contributed by atoms with Gasteiger partial charge in [-0.3, -0.25) is 4.99 Å². The van der Waals surface area contributed by atoms with E-state index in [9.17, 15) is 4.39 Å². The molecule has 1 aromatic carbocycles. The van der Waals surface area contributed by atoms with Crippen LogP contribution in [-0.2, 0) is 6.54 Å². The fourth-order valence-corrected chi connectivity index (χ4v) is 4.28. The number of halogens is 2. The fraction of sp³-hybridized carbons (Fsp3) is 0.304. The summed E-state index contributed by atoms with van der Waals surface area (Å²) in [7, 11) is 1.78. The first-order chi connectivity index (χ1) is 15.2. The highest BCUT2D eigenvalue weighted by molar-refractivity contribution is 14.0. The van der Waals surface area contributed by atoms with E-state index in [-0.39, 0.29) is 29.8 Å². The number of anilines is 1. The highest BCUT2D eigenvalue weighted by atomic mass is 127. The maximum absolute atomic E-state index is 13.3. The number of benzene rings is 1. The van der Waals surface area contributed by atoms with Crippen molar-refractivity contribution in [1.82, 2.24) is 15.6 Å². The molecule has 1 saturated heterocycles. The number of thiophene rings is 1. The van der Waals surface area contributed by atoms with Crippen LogP contribution in [0.5, 0.6) is 11.6 Å². The predicted octanol–water partition coefficient (Wildman–Crippen LogP) is 5.03. The molecule has 9 heteroatoms. The quantitative estimate of drug-likeness (QED) is 0.249. The smallest absolute Gasteiger partial charge is 0.219 e. The van der Waals surface area contributed by atoms with Gasteiger partial charge in [-0.25, -0.2) is 9.37 Å². The van der Waals surface area contributed by atoms with Gasteiger partial charge >= 0.3 is 0 Å². The number of piperidine rings is 1. The lowest BCUT2D eigenvalue weighted by Gasteiger charge is -2.33. The molecule has 3 heterocycles. The van der Waals surface area contributed by atoms with Gasteiger partial charge in [-0.2, -0.15) is 0 Å². The van der Waals surface area contributed by atoms with Gasteiger partial charge in [-0.15, -0.1) is 35.3 Å². The van der Waals surface area contributed by atoms with E-state index in [4.69, 9.17) is 4.74 Å². The Labute approximate surface area is 208 Å². The Hall–Kier alpha value is -2.40. The molecule has 0 spiro atoms. The first kappa shape index (κ1) is 24.2. The summed E-state index contributed by atoms with van der Waals surface area (Å²) >= 11 is 1.79. The minimum absolute atomic E-state index is 0. The zero-order valence-corrected chi connectivity index (χ0v) is 21.0. The fourth-order valence-electron chi connectivity index (χ4n) is 3.49. The number of nitrogens with one attached hydrogen (secondary N) is 2. The van der Waals surface area contributed by atoms with E-state index in [1.807, 2.05) is 6.07 Å². The van der Waals surface area contributed by atoms with E-state index < -0.39 is 0 Å². The molecule has 0 amide bonds. The molecule has 0 atom stereocenters. The minimum Gasteiger partial charge on any atom is -0.439 e. The number of ether oxygens (including phenoxy) is 1. The van der Waals surface area contributed by atoms with E-state index in [0.29, 0.717) is 24.2 Å². The van der Waals surface area contributed by atoms with Gasteiger partial charge < -0.3 is 20.3 Å². The highest BCUT2D eigenvalue weighted by Gasteiger charge is 2.20. The number of hydrogen-bond acceptors (Lipinski definition) is 5. The average molecular weight is 567 g/mol. The van der Waals surface area contributed by atoms with Crippen LogP contribution in [0.15, 0.2) is 65.1 Å². The Balaban J connectivity index is 0.00000289. The van der Waals surface area contributed by atoms with Crippen LogP contribution in [0.2, 0.25) is 0 Å². The molecule has 3 aromatic rings. The van der Waals surface area contributed by atoms with E-state index in [1.165, 1.54) is 17.1 Å². The number of hydrogen-bond donors (Lipinski definition) is 2. The zero-order valence-electron chi connectivity index (χ0n) is 17.8. The zero-order chi connectivity index (χ0) is 21.5. The van der Waals surface area contributed by atoms with Gasteiger partial charge in [0.2, 0.25) is 5.88 Å². The lowest BCUT2D eigenvalue weighted by Crippen LogP contribution is -2.48. The number of nitrogens with zero attached hydrogens (tertiary/aromatic N) is 3. The predicted molar refractivity (Wildman–Crippen MR) is 139 cm³/mol. The van der Waals surface area contributed by atoms with Crippen molar-refractivity contribution in [1.29, 1.82) is 0 Å². The van der Waals surface area contributed by atoms with Crippen molar-refractivity contribution in [2.75, 3.05) is 25.0 Å². The Morgan fingerprint density at radius 2 is 2.06 bits per heavy atom. The summed E-state index contributed by atoms with van der Waals surface area (Å²) in [5, 5.41) is 10.3. The van der Waals surface area contributed by atoms with Crippen LogP contribution >= 0.6 is 35.3 Å². The van der Waals surface area contributed by atoms with Crippen LogP contribution in [-0.4, -0.2) is 37.1 Å². The first-order valence-electron chi connectivity index (χ1n) is 10.3. The number of pyridine rings is 1. The average Bonchev–Trinajstić information content (AvgIpc) is 3.33. The summed E-state index contributed by atoms with van der Waals surface area (Å²) < 4.78 is 18.9. The third-order valence-electron chi connectivity index (χ3n) is 5.15. The van der Waals surface area contributed by atoms with Gasteiger partial charge in [0.15, 0.2) is 5.96 Å². The van der Waals surface area contributed by atoms with Crippen molar-refractivity contribution in [3.63, 3.8) is 0 Å². The summed E-state index contributed by atoms with van der Waals surface area (Å²) in [4.78, 5) is 11.1. The van der Waals surface area contributed by atoms with Crippen LogP contribution in [0.25, 0.3) is 0 Å². The molecule has 1 aliphatic rings. The molecule has 32 heavy (non-hydrogen) atoms. The molecule has 0 radical (unpaired) electrons. The minimum atomic E-state index is -0.339. The number of guanidine groups is 1. The van der Waals surface area contributed by atoms with E-state index in [2.05, 4.69) is 43.0 Å². The van der Waals surface area contributed by atoms with Gasteiger partial charge in [0, 0.05) is 51.1 Å². The SMILES string of the molecule is CN=C(NCc1ccc(Oc2cccc(F)c2)nc1)NC1CCN(c2cccs2)CC1.I. The van der Waals surface area contributed by atoms with Crippen molar-refractivity contribution in [2.24, 2.45) is 4.99 Å². The molecule has 0 bridgehead atoms. The van der Waals surface area contributed by atoms with Gasteiger partial charge in [0.05, 0.1) is 5.00 Å². The van der Waals surface area contributed by atoms with Crippen LogP contribution in [0, 0.1) is 5.82 Å². The van der Waals surface area contributed by atoms with Crippen LogP contribution < -0.4 is 20.3 Å². The molecule has 0 unspecified atom stereocenters. The second kappa shape index (κ2) is 12.0. The molecule has 2 N–H and O–H groups in total. The summed E-state index contributed by atoms with van der Waals surface area (Å²) in [6.07, 6.45) is 3.90. The highest BCUT2D eigenvalue weighted by Crippen LogP contribution is 2.25. The van der Waals surface area contributed by atoms with E-state index in [1.54, 1.807) is 42.8 Å². The molecular formula is C23H27FIN5OS. The molecule has 4 rings (SSSR count). The van der Waals surface area contributed by atoms with Crippen LogP contribution in [0.3, 0.4) is 0 Å². The molecule has 0 aliphatic carbocycles. The topological polar surface area (TPSA) is 61.8 Å². The maximum atomic E-state index is 13.3. The van der Waals surface area contributed by atoms with Crippen molar-refractivity contribution in [2.45, 2.75) is 25.4 Å². The Kier molecular flexibility index (Phi) is 9.10.